The molecule has 2 aromatic rings. The lowest BCUT2D eigenvalue weighted by Gasteiger charge is -2.03. The topological polar surface area (TPSA) is 26.3 Å². The summed E-state index contributed by atoms with van der Waals surface area (Å²) in [5.41, 5.74) is 1.03. The van der Waals surface area contributed by atoms with Crippen LogP contribution in [0.5, 0.6) is 5.75 Å². The maximum absolute atomic E-state index is 10.9. The lowest BCUT2D eigenvalue weighted by atomic mass is 10.1. The molecule has 0 N–H and O–H groups in total. The largest absolute Gasteiger partial charge is 0.497 e. The molecular weight excluding hydrogens is 212 g/mol. The Bertz CT molecular complexity index is 582. The number of rotatable bonds is 3. The highest BCUT2D eigenvalue weighted by molar-refractivity contribution is 5.92. The van der Waals surface area contributed by atoms with Crippen molar-refractivity contribution in [1.29, 1.82) is 0 Å². The molecule has 0 aliphatic carbocycles. The Morgan fingerprint density at radius 1 is 1.12 bits per heavy atom. The Morgan fingerprint density at radius 2 is 1.82 bits per heavy atom. The molecule has 0 heterocycles. The van der Waals surface area contributed by atoms with Crippen molar-refractivity contribution in [2.75, 3.05) is 7.11 Å². The zero-order valence-corrected chi connectivity index (χ0v) is 9.94. The minimum absolute atomic E-state index is 0.0554. The monoisotopic (exact) mass is 226 g/mol. The maximum Gasteiger partial charge on any atom is 0.152 e. The van der Waals surface area contributed by atoms with E-state index in [-0.39, 0.29) is 5.78 Å². The van der Waals surface area contributed by atoms with Crippen molar-refractivity contribution >= 4 is 22.6 Å². The van der Waals surface area contributed by atoms with E-state index in [1.165, 1.54) is 0 Å². The number of fused-ring (bicyclic) bond motifs is 1. The minimum atomic E-state index is 0.0554. The van der Waals surface area contributed by atoms with Crippen molar-refractivity contribution in [3.8, 4) is 5.75 Å². The number of hydrogen-bond donors (Lipinski definition) is 0. The van der Waals surface area contributed by atoms with E-state index in [2.05, 4.69) is 0 Å². The second kappa shape index (κ2) is 4.83. The Kier molecular flexibility index (Phi) is 3.24. The van der Waals surface area contributed by atoms with E-state index < -0.39 is 0 Å². The van der Waals surface area contributed by atoms with Gasteiger partial charge in [0.2, 0.25) is 0 Å². The van der Waals surface area contributed by atoms with Gasteiger partial charge in [0.05, 0.1) is 7.11 Å². The highest BCUT2D eigenvalue weighted by atomic mass is 16.5. The Balaban J connectivity index is 2.41. The van der Waals surface area contributed by atoms with Crippen LogP contribution in [0.2, 0.25) is 0 Å². The summed E-state index contributed by atoms with van der Waals surface area (Å²) in [4.78, 5) is 10.9. The molecule has 0 saturated heterocycles. The summed E-state index contributed by atoms with van der Waals surface area (Å²) in [6, 6.07) is 12.0. The first-order chi connectivity index (χ1) is 8.19. The molecule has 0 spiro atoms. The van der Waals surface area contributed by atoms with Crippen LogP contribution < -0.4 is 4.74 Å². The van der Waals surface area contributed by atoms with Crippen LogP contribution in [0.25, 0.3) is 16.8 Å². The smallest absolute Gasteiger partial charge is 0.152 e. The fraction of sp³-hybridized carbons (Fsp3) is 0.133. The molecule has 2 heteroatoms. The zero-order valence-electron chi connectivity index (χ0n) is 9.94. The molecule has 0 aliphatic rings. The van der Waals surface area contributed by atoms with Crippen LogP contribution in [0.4, 0.5) is 0 Å². The van der Waals surface area contributed by atoms with Gasteiger partial charge in [-0.05, 0) is 47.5 Å². The average molecular weight is 226 g/mol. The molecule has 0 atom stereocenters. The van der Waals surface area contributed by atoms with Gasteiger partial charge >= 0.3 is 0 Å². The molecule has 0 unspecified atom stereocenters. The number of carbonyl (C=O) groups is 1. The molecule has 2 nitrogen and oxygen atoms in total. The molecule has 2 aromatic carbocycles. The molecule has 0 fully saturated rings. The van der Waals surface area contributed by atoms with E-state index in [0.29, 0.717) is 0 Å². The minimum Gasteiger partial charge on any atom is -0.497 e. The summed E-state index contributed by atoms with van der Waals surface area (Å²) in [6.07, 6.45) is 3.40. The Hall–Kier alpha value is -2.09. The first kappa shape index (κ1) is 11.4. The molecule has 86 valence electrons. The van der Waals surface area contributed by atoms with Crippen molar-refractivity contribution < 1.29 is 9.53 Å². The number of ether oxygens (including phenoxy) is 1. The highest BCUT2D eigenvalue weighted by Gasteiger charge is 1.97. The van der Waals surface area contributed by atoms with Gasteiger partial charge in [-0.3, -0.25) is 4.79 Å². The standard InChI is InChI=1S/C15H14O2/c1-11(16)3-4-12-5-6-14-10-15(17-2)8-7-13(14)9-12/h3-10H,1-2H3. The van der Waals surface area contributed by atoms with E-state index in [9.17, 15) is 4.79 Å². The third kappa shape index (κ3) is 2.72. The molecule has 0 aromatic heterocycles. The summed E-state index contributed by atoms with van der Waals surface area (Å²) in [6.45, 7) is 1.54. The van der Waals surface area contributed by atoms with Crippen LogP contribution in [0.1, 0.15) is 12.5 Å². The van der Waals surface area contributed by atoms with Crippen molar-refractivity contribution in [1.82, 2.24) is 0 Å². The lowest BCUT2D eigenvalue weighted by molar-refractivity contribution is -0.112. The van der Waals surface area contributed by atoms with Crippen molar-refractivity contribution in [2.24, 2.45) is 0 Å². The van der Waals surface area contributed by atoms with Crippen molar-refractivity contribution in [3.63, 3.8) is 0 Å². The predicted octanol–water partition coefficient (Wildman–Crippen LogP) is 3.45. The number of hydrogen-bond acceptors (Lipinski definition) is 2. The first-order valence-corrected chi connectivity index (χ1v) is 5.45. The molecular formula is C15H14O2. The third-order valence-electron chi connectivity index (χ3n) is 2.58. The Morgan fingerprint density at radius 3 is 2.53 bits per heavy atom. The van der Waals surface area contributed by atoms with Gasteiger partial charge in [-0.1, -0.05) is 24.3 Å². The summed E-state index contributed by atoms with van der Waals surface area (Å²) in [5, 5.41) is 2.26. The van der Waals surface area contributed by atoms with Gasteiger partial charge in [-0.15, -0.1) is 0 Å². The van der Waals surface area contributed by atoms with Gasteiger partial charge < -0.3 is 4.74 Å². The first-order valence-electron chi connectivity index (χ1n) is 5.45. The second-order valence-corrected chi connectivity index (χ2v) is 3.92. The van der Waals surface area contributed by atoms with Crippen molar-refractivity contribution in [3.05, 3.63) is 48.0 Å². The van der Waals surface area contributed by atoms with Gasteiger partial charge in [0.15, 0.2) is 5.78 Å². The molecule has 2 rings (SSSR count). The molecule has 0 radical (unpaired) electrons. The third-order valence-corrected chi connectivity index (χ3v) is 2.58. The fourth-order valence-corrected chi connectivity index (χ4v) is 1.69. The second-order valence-electron chi connectivity index (χ2n) is 3.92. The number of carbonyl (C=O) groups excluding carboxylic acids is 1. The summed E-state index contributed by atoms with van der Waals surface area (Å²) >= 11 is 0. The Labute approximate surface area is 101 Å². The summed E-state index contributed by atoms with van der Waals surface area (Å²) < 4.78 is 5.17. The van der Waals surface area contributed by atoms with Gasteiger partial charge in [0.25, 0.3) is 0 Å². The fourth-order valence-electron chi connectivity index (χ4n) is 1.69. The summed E-state index contributed by atoms with van der Waals surface area (Å²) in [5.74, 6) is 0.907. The van der Waals surface area contributed by atoms with Gasteiger partial charge in [-0.25, -0.2) is 0 Å². The molecule has 17 heavy (non-hydrogen) atoms. The normalized spacial score (nSPS) is 10.9. The van der Waals surface area contributed by atoms with Crippen LogP contribution in [0.15, 0.2) is 42.5 Å². The van der Waals surface area contributed by atoms with Gasteiger partial charge in [0, 0.05) is 0 Å². The lowest BCUT2D eigenvalue weighted by Crippen LogP contribution is -1.83. The quantitative estimate of drug-likeness (QED) is 0.749. The van der Waals surface area contributed by atoms with Crippen LogP contribution >= 0.6 is 0 Å². The van der Waals surface area contributed by atoms with Crippen LogP contribution in [0.3, 0.4) is 0 Å². The molecule has 0 aliphatic heterocycles. The van der Waals surface area contributed by atoms with Gasteiger partial charge in [-0.2, -0.15) is 0 Å². The molecule has 0 bridgehead atoms. The van der Waals surface area contributed by atoms with E-state index in [1.807, 2.05) is 42.5 Å². The van der Waals surface area contributed by atoms with Crippen LogP contribution in [-0.2, 0) is 4.79 Å². The van der Waals surface area contributed by atoms with Crippen molar-refractivity contribution in [2.45, 2.75) is 6.92 Å². The number of ketones is 1. The average Bonchev–Trinajstić information content (AvgIpc) is 2.35. The number of allylic oxidation sites excluding steroid dienone is 1. The highest BCUT2D eigenvalue weighted by Crippen LogP contribution is 2.22. The van der Waals surface area contributed by atoms with E-state index in [4.69, 9.17) is 4.74 Å². The van der Waals surface area contributed by atoms with Crippen LogP contribution in [0, 0.1) is 0 Å². The van der Waals surface area contributed by atoms with E-state index in [0.717, 1.165) is 22.1 Å². The van der Waals surface area contributed by atoms with E-state index >= 15 is 0 Å². The number of methoxy groups -OCH3 is 1. The molecule has 0 saturated carbocycles. The summed E-state index contributed by atoms with van der Waals surface area (Å²) in [7, 11) is 1.66. The maximum atomic E-state index is 10.9. The SMILES string of the molecule is COc1ccc2cc(C=CC(C)=O)ccc2c1. The number of benzene rings is 2. The van der Waals surface area contributed by atoms with Crippen LogP contribution in [-0.4, -0.2) is 12.9 Å². The van der Waals surface area contributed by atoms with E-state index in [1.54, 1.807) is 20.1 Å². The molecule has 0 amide bonds. The zero-order chi connectivity index (χ0) is 12.3. The predicted molar refractivity (Wildman–Crippen MR) is 70.2 cm³/mol. The van der Waals surface area contributed by atoms with Gasteiger partial charge in [0.1, 0.15) is 5.75 Å².